The largest absolute Gasteiger partial charge is 0.416 e. The Morgan fingerprint density at radius 1 is 1.10 bits per heavy atom. The highest BCUT2D eigenvalue weighted by atomic mass is 79.9. The predicted octanol–water partition coefficient (Wildman–Crippen LogP) is 5.78. The molecule has 0 saturated heterocycles. The smallest absolute Gasteiger partial charge is 0.378 e. The van der Waals surface area contributed by atoms with Crippen LogP contribution < -0.4 is 5.32 Å². The van der Waals surface area contributed by atoms with Crippen molar-refractivity contribution in [3.8, 4) is 0 Å². The van der Waals surface area contributed by atoms with Gasteiger partial charge in [0.05, 0.1) is 10.0 Å². The Morgan fingerprint density at radius 2 is 1.81 bits per heavy atom. The second-order valence-electron chi connectivity index (χ2n) is 4.62. The van der Waals surface area contributed by atoms with Gasteiger partial charge in [0.15, 0.2) is 0 Å². The SMILES string of the molecule is CC(Nc1ccc(Br)c(F)c1)c1cccc(C(F)(F)F)c1. The third-order valence-electron chi connectivity index (χ3n) is 3.02. The van der Waals surface area contributed by atoms with E-state index >= 15 is 0 Å². The highest BCUT2D eigenvalue weighted by Gasteiger charge is 2.30. The maximum Gasteiger partial charge on any atom is 0.416 e. The van der Waals surface area contributed by atoms with Gasteiger partial charge in [-0.1, -0.05) is 12.1 Å². The zero-order chi connectivity index (χ0) is 15.6. The number of hydrogen-bond donors (Lipinski definition) is 1. The van der Waals surface area contributed by atoms with Crippen molar-refractivity contribution in [3.05, 3.63) is 63.9 Å². The molecule has 6 heteroatoms. The summed E-state index contributed by atoms with van der Waals surface area (Å²) in [4.78, 5) is 0. The highest BCUT2D eigenvalue weighted by Crippen LogP contribution is 2.31. The molecule has 0 aromatic heterocycles. The zero-order valence-corrected chi connectivity index (χ0v) is 12.6. The summed E-state index contributed by atoms with van der Waals surface area (Å²) in [5.41, 5.74) is 0.282. The molecule has 1 nitrogen and oxygen atoms in total. The number of halogens is 5. The van der Waals surface area contributed by atoms with E-state index in [2.05, 4.69) is 21.2 Å². The summed E-state index contributed by atoms with van der Waals surface area (Å²) >= 11 is 3.04. The van der Waals surface area contributed by atoms with E-state index in [1.807, 2.05) is 0 Å². The van der Waals surface area contributed by atoms with Gasteiger partial charge in [0.1, 0.15) is 5.82 Å². The van der Waals surface area contributed by atoms with Gasteiger partial charge in [0.2, 0.25) is 0 Å². The second-order valence-corrected chi connectivity index (χ2v) is 5.47. The number of benzene rings is 2. The van der Waals surface area contributed by atoms with E-state index in [-0.39, 0.29) is 6.04 Å². The van der Waals surface area contributed by atoms with Crippen molar-refractivity contribution in [1.29, 1.82) is 0 Å². The van der Waals surface area contributed by atoms with E-state index in [9.17, 15) is 17.6 Å². The molecule has 0 spiro atoms. The van der Waals surface area contributed by atoms with E-state index in [1.165, 1.54) is 18.2 Å². The molecular weight excluding hydrogens is 350 g/mol. The van der Waals surface area contributed by atoms with E-state index in [4.69, 9.17) is 0 Å². The monoisotopic (exact) mass is 361 g/mol. The van der Waals surface area contributed by atoms with E-state index < -0.39 is 17.6 Å². The van der Waals surface area contributed by atoms with Gasteiger partial charge in [-0.05, 0) is 58.7 Å². The summed E-state index contributed by atoms with van der Waals surface area (Å²) in [5, 5.41) is 2.98. The Labute approximate surface area is 128 Å². The van der Waals surface area contributed by atoms with Crippen LogP contribution in [0.15, 0.2) is 46.9 Å². The third-order valence-corrected chi connectivity index (χ3v) is 3.66. The fraction of sp³-hybridized carbons (Fsp3) is 0.200. The Kier molecular flexibility index (Phi) is 4.56. The van der Waals surface area contributed by atoms with Crippen molar-refractivity contribution in [3.63, 3.8) is 0 Å². The van der Waals surface area contributed by atoms with Gasteiger partial charge in [0.25, 0.3) is 0 Å². The number of hydrogen-bond acceptors (Lipinski definition) is 1. The first-order chi connectivity index (χ1) is 9.77. The Hall–Kier alpha value is -1.56. The highest BCUT2D eigenvalue weighted by molar-refractivity contribution is 9.10. The molecule has 112 valence electrons. The van der Waals surface area contributed by atoms with Gasteiger partial charge >= 0.3 is 6.18 Å². The maximum atomic E-state index is 13.4. The molecule has 0 saturated carbocycles. The van der Waals surface area contributed by atoms with Crippen LogP contribution in [0.5, 0.6) is 0 Å². The Balaban J connectivity index is 2.20. The topological polar surface area (TPSA) is 12.0 Å². The molecule has 2 aromatic carbocycles. The first-order valence-electron chi connectivity index (χ1n) is 6.16. The Bertz CT molecular complexity index is 640. The molecule has 0 fully saturated rings. The summed E-state index contributed by atoms with van der Waals surface area (Å²) in [6, 6.07) is 9.17. The lowest BCUT2D eigenvalue weighted by Gasteiger charge is -2.17. The lowest BCUT2D eigenvalue weighted by atomic mass is 10.0. The van der Waals surface area contributed by atoms with Crippen molar-refractivity contribution in [2.24, 2.45) is 0 Å². The molecule has 0 heterocycles. The average Bonchev–Trinajstić information content (AvgIpc) is 2.42. The van der Waals surface area contributed by atoms with Crippen molar-refractivity contribution < 1.29 is 17.6 Å². The standard InChI is InChI=1S/C15H12BrF4N/c1-9(21-12-5-6-13(16)14(17)8-12)10-3-2-4-11(7-10)15(18,19)20/h2-9,21H,1H3. The molecule has 0 amide bonds. The number of rotatable bonds is 3. The van der Waals surface area contributed by atoms with E-state index in [0.29, 0.717) is 15.7 Å². The molecule has 2 aromatic rings. The second kappa shape index (κ2) is 6.05. The molecule has 1 atom stereocenters. The van der Waals surface area contributed by atoms with Gasteiger partial charge < -0.3 is 5.32 Å². The van der Waals surface area contributed by atoms with Crippen molar-refractivity contribution >= 4 is 21.6 Å². The minimum Gasteiger partial charge on any atom is -0.378 e. The van der Waals surface area contributed by atoms with Crippen LogP contribution in [0.2, 0.25) is 0 Å². The summed E-state index contributed by atoms with van der Waals surface area (Å²) in [6.45, 7) is 1.72. The summed E-state index contributed by atoms with van der Waals surface area (Å²) in [7, 11) is 0. The maximum absolute atomic E-state index is 13.4. The fourth-order valence-corrected chi connectivity index (χ4v) is 2.15. The molecule has 0 bridgehead atoms. The quantitative estimate of drug-likeness (QED) is 0.683. The van der Waals surface area contributed by atoms with Crippen molar-refractivity contribution in [2.45, 2.75) is 19.1 Å². The zero-order valence-electron chi connectivity index (χ0n) is 11.0. The predicted molar refractivity (Wildman–Crippen MR) is 77.6 cm³/mol. The minimum atomic E-state index is -4.38. The van der Waals surface area contributed by atoms with Crippen LogP contribution in [0, 0.1) is 5.82 Å². The average molecular weight is 362 g/mol. The Morgan fingerprint density at radius 3 is 2.43 bits per heavy atom. The van der Waals surface area contributed by atoms with Crippen LogP contribution in [0.4, 0.5) is 23.2 Å². The first-order valence-corrected chi connectivity index (χ1v) is 6.95. The number of anilines is 1. The van der Waals surface area contributed by atoms with Crippen LogP contribution in [0.1, 0.15) is 24.1 Å². The molecule has 2 rings (SSSR count). The van der Waals surface area contributed by atoms with Gasteiger partial charge in [-0.3, -0.25) is 0 Å². The number of nitrogens with one attached hydrogen (secondary N) is 1. The van der Waals surface area contributed by atoms with Crippen LogP contribution in [-0.4, -0.2) is 0 Å². The van der Waals surface area contributed by atoms with Crippen LogP contribution in [-0.2, 0) is 6.18 Å². The summed E-state index contributed by atoms with van der Waals surface area (Å²) < 4.78 is 51.8. The molecular formula is C15H12BrF4N. The molecule has 1 unspecified atom stereocenters. The lowest BCUT2D eigenvalue weighted by molar-refractivity contribution is -0.137. The van der Waals surface area contributed by atoms with Gasteiger partial charge in [0, 0.05) is 11.7 Å². The van der Waals surface area contributed by atoms with Gasteiger partial charge in [-0.25, -0.2) is 4.39 Å². The summed E-state index contributed by atoms with van der Waals surface area (Å²) in [6.07, 6.45) is -4.38. The van der Waals surface area contributed by atoms with E-state index in [1.54, 1.807) is 19.1 Å². The van der Waals surface area contributed by atoms with E-state index in [0.717, 1.165) is 12.1 Å². The van der Waals surface area contributed by atoms with Crippen LogP contribution in [0.25, 0.3) is 0 Å². The van der Waals surface area contributed by atoms with Crippen LogP contribution >= 0.6 is 15.9 Å². The molecule has 0 aliphatic heterocycles. The molecule has 21 heavy (non-hydrogen) atoms. The third kappa shape index (κ3) is 3.97. The van der Waals surface area contributed by atoms with Gasteiger partial charge in [-0.15, -0.1) is 0 Å². The first kappa shape index (κ1) is 15.8. The van der Waals surface area contributed by atoms with Crippen molar-refractivity contribution in [2.75, 3.05) is 5.32 Å². The molecule has 0 aliphatic rings. The molecule has 0 aliphatic carbocycles. The van der Waals surface area contributed by atoms with Crippen LogP contribution in [0.3, 0.4) is 0 Å². The van der Waals surface area contributed by atoms with Gasteiger partial charge in [-0.2, -0.15) is 13.2 Å². The minimum absolute atomic E-state index is 0.333. The fourth-order valence-electron chi connectivity index (χ4n) is 1.90. The lowest BCUT2D eigenvalue weighted by Crippen LogP contribution is -2.10. The molecule has 0 radical (unpaired) electrons. The normalized spacial score (nSPS) is 13.0. The molecule has 1 N–H and O–H groups in total. The number of alkyl halides is 3. The summed E-state index contributed by atoms with van der Waals surface area (Å²) in [5.74, 6) is -0.434. The van der Waals surface area contributed by atoms with Crippen molar-refractivity contribution in [1.82, 2.24) is 0 Å².